The molecule has 0 spiro atoms. The number of piperazine rings is 1. The third kappa shape index (κ3) is 4.83. The SMILES string of the molecule is COc1cc(N2CCN(C)CC2)ccc1Nc1ncc(F)c(-c2cc(F)c3cc(C)n(C(C)C)c3c2)n1. The van der Waals surface area contributed by atoms with Gasteiger partial charge < -0.3 is 24.4 Å². The van der Waals surface area contributed by atoms with E-state index < -0.39 is 11.6 Å². The van der Waals surface area contributed by atoms with Gasteiger partial charge in [-0.05, 0) is 58.2 Å². The van der Waals surface area contributed by atoms with Crippen molar-refractivity contribution in [1.82, 2.24) is 19.4 Å². The third-order valence-corrected chi connectivity index (χ3v) is 6.93. The third-order valence-electron chi connectivity index (χ3n) is 6.93. The molecule has 1 saturated heterocycles. The monoisotopic (exact) mass is 506 g/mol. The second kappa shape index (κ2) is 9.97. The number of fused-ring (bicyclic) bond motifs is 1. The van der Waals surface area contributed by atoms with Gasteiger partial charge in [0.05, 0.1) is 24.5 Å². The molecule has 0 saturated carbocycles. The molecule has 37 heavy (non-hydrogen) atoms. The number of benzene rings is 2. The highest BCUT2D eigenvalue weighted by atomic mass is 19.1. The normalized spacial score (nSPS) is 14.5. The van der Waals surface area contributed by atoms with Crippen molar-refractivity contribution in [3.63, 3.8) is 0 Å². The first-order valence-corrected chi connectivity index (χ1v) is 12.5. The van der Waals surface area contributed by atoms with Gasteiger partial charge in [-0.3, -0.25) is 0 Å². The number of anilines is 3. The van der Waals surface area contributed by atoms with Crippen molar-refractivity contribution in [3.05, 3.63) is 59.9 Å². The van der Waals surface area contributed by atoms with Crippen LogP contribution in [0.1, 0.15) is 25.6 Å². The fourth-order valence-corrected chi connectivity index (χ4v) is 5.03. The topological polar surface area (TPSA) is 58.5 Å². The fourth-order valence-electron chi connectivity index (χ4n) is 5.03. The maximum Gasteiger partial charge on any atom is 0.228 e. The summed E-state index contributed by atoms with van der Waals surface area (Å²) in [5.74, 6) is -0.216. The summed E-state index contributed by atoms with van der Waals surface area (Å²) in [6.07, 6.45) is 1.10. The summed E-state index contributed by atoms with van der Waals surface area (Å²) in [5.41, 5.74) is 3.76. The van der Waals surface area contributed by atoms with Gasteiger partial charge in [0.1, 0.15) is 17.3 Å². The Morgan fingerprint density at radius 2 is 1.76 bits per heavy atom. The second-order valence-electron chi connectivity index (χ2n) is 9.83. The quantitative estimate of drug-likeness (QED) is 0.358. The van der Waals surface area contributed by atoms with E-state index in [0.717, 1.165) is 43.8 Å². The van der Waals surface area contributed by atoms with E-state index in [1.165, 1.54) is 6.07 Å². The van der Waals surface area contributed by atoms with Crippen molar-refractivity contribution in [3.8, 4) is 17.0 Å². The Bertz CT molecular complexity index is 1440. The molecular weight excluding hydrogens is 474 g/mol. The smallest absolute Gasteiger partial charge is 0.228 e. The Labute approximate surface area is 215 Å². The van der Waals surface area contributed by atoms with E-state index in [1.54, 1.807) is 13.2 Å². The first-order valence-electron chi connectivity index (χ1n) is 12.5. The van der Waals surface area contributed by atoms with Gasteiger partial charge in [-0.2, -0.15) is 0 Å². The predicted octanol–water partition coefficient (Wildman–Crippen LogP) is 5.77. The Hall–Kier alpha value is -3.72. The van der Waals surface area contributed by atoms with E-state index in [0.29, 0.717) is 27.9 Å². The van der Waals surface area contributed by atoms with Crippen molar-refractivity contribution in [2.45, 2.75) is 26.8 Å². The molecule has 1 aliphatic rings. The largest absolute Gasteiger partial charge is 0.494 e. The number of ether oxygens (including phenoxy) is 1. The number of nitrogens with one attached hydrogen (secondary N) is 1. The van der Waals surface area contributed by atoms with Crippen molar-refractivity contribution in [1.29, 1.82) is 0 Å². The Balaban J connectivity index is 1.47. The fraction of sp³-hybridized carbons (Fsp3) is 0.357. The predicted molar refractivity (Wildman–Crippen MR) is 144 cm³/mol. The van der Waals surface area contributed by atoms with Gasteiger partial charge in [0.2, 0.25) is 5.95 Å². The van der Waals surface area contributed by atoms with Gasteiger partial charge in [-0.25, -0.2) is 18.7 Å². The van der Waals surface area contributed by atoms with Crippen LogP contribution in [0.5, 0.6) is 5.75 Å². The Kier molecular flexibility index (Phi) is 6.72. The van der Waals surface area contributed by atoms with E-state index in [2.05, 4.69) is 32.1 Å². The molecule has 9 heteroatoms. The van der Waals surface area contributed by atoms with Crippen LogP contribution in [-0.4, -0.2) is 59.8 Å². The molecule has 0 atom stereocenters. The highest BCUT2D eigenvalue weighted by Gasteiger charge is 2.19. The number of hydrogen-bond donors (Lipinski definition) is 1. The molecule has 7 nitrogen and oxygen atoms in total. The summed E-state index contributed by atoms with van der Waals surface area (Å²) < 4.78 is 37.6. The summed E-state index contributed by atoms with van der Waals surface area (Å²) in [7, 11) is 3.73. The van der Waals surface area contributed by atoms with Crippen LogP contribution in [0.25, 0.3) is 22.2 Å². The lowest BCUT2D eigenvalue weighted by atomic mass is 10.1. The van der Waals surface area contributed by atoms with Crippen LogP contribution in [0, 0.1) is 18.6 Å². The molecule has 1 N–H and O–H groups in total. The lowest BCUT2D eigenvalue weighted by Gasteiger charge is -2.34. The van der Waals surface area contributed by atoms with Crippen molar-refractivity contribution in [2.24, 2.45) is 0 Å². The van der Waals surface area contributed by atoms with Crippen LogP contribution < -0.4 is 15.0 Å². The molecule has 0 bridgehead atoms. The van der Waals surface area contributed by atoms with Gasteiger partial charge in [0, 0.05) is 60.6 Å². The van der Waals surface area contributed by atoms with Gasteiger partial charge in [-0.1, -0.05) is 0 Å². The molecule has 0 amide bonds. The summed E-state index contributed by atoms with van der Waals surface area (Å²) in [5, 5.41) is 3.65. The van der Waals surface area contributed by atoms with Crippen LogP contribution in [0.2, 0.25) is 0 Å². The minimum atomic E-state index is -0.624. The zero-order chi connectivity index (χ0) is 26.3. The molecule has 0 aliphatic carbocycles. The van der Waals surface area contributed by atoms with E-state index in [1.807, 2.05) is 49.6 Å². The molecule has 0 unspecified atom stereocenters. The second-order valence-corrected chi connectivity index (χ2v) is 9.83. The number of halogens is 2. The van der Waals surface area contributed by atoms with Gasteiger partial charge in [0.15, 0.2) is 5.82 Å². The van der Waals surface area contributed by atoms with E-state index >= 15 is 4.39 Å². The van der Waals surface area contributed by atoms with Crippen LogP contribution in [0.4, 0.5) is 26.1 Å². The van der Waals surface area contributed by atoms with Crippen LogP contribution in [0.15, 0.2) is 42.6 Å². The maximum atomic E-state index is 15.1. The van der Waals surface area contributed by atoms with Crippen molar-refractivity contribution >= 4 is 28.2 Å². The molecule has 3 heterocycles. The maximum absolute atomic E-state index is 15.1. The summed E-state index contributed by atoms with van der Waals surface area (Å²) in [4.78, 5) is 13.2. The van der Waals surface area contributed by atoms with Crippen molar-refractivity contribution < 1.29 is 13.5 Å². The van der Waals surface area contributed by atoms with E-state index in [-0.39, 0.29) is 17.7 Å². The van der Waals surface area contributed by atoms with Crippen molar-refractivity contribution in [2.75, 3.05) is 50.6 Å². The lowest BCUT2D eigenvalue weighted by molar-refractivity contribution is 0.312. The van der Waals surface area contributed by atoms with Gasteiger partial charge in [0.25, 0.3) is 0 Å². The molecular formula is C28H32F2N6O. The van der Waals surface area contributed by atoms with Gasteiger partial charge in [-0.15, -0.1) is 0 Å². The summed E-state index contributed by atoms with van der Waals surface area (Å²) in [6.45, 7) is 9.90. The van der Waals surface area contributed by atoms with Crippen LogP contribution in [0.3, 0.4) is 0 Å². The number of methoxy groups -OCH3 is 1. The average Bonchev–Trinajstić information content (AvgIpc) is 3.22. The van der Waals surface area contributed by atoms with Gasteiger partial charge >= 0.3 is 0 Å². The Morgan fingerprint density at radius 1 is 1.00 bits per heavy atom. The molecule has 5 rings (SSSR count). The standard InChI is InChI=1S/C28H32F2N6O/c1-17(2)36-18(3)12-21-22(29)13-19(14-25(21)36)27-23(30)16-31-28(33-27)32-24-7-6-20(15-26(24)37-5)35-10-8-34(4)9-11-35/h6-7,12-17H,8-11H2,1-5H3,(H,31,32,33). The highest BCUT2D eigenvalue weighted by molar-refractivity contribution is 5.87. The number of rotatable bonds is 6. The molecule has 0 radical (unpaired) electrons. The minimum absolute atomic E-state index is 0.0282. The molecule has 2 aromatic carbocycles. The number of aryl methyl sites for hydroxylation is 1. The Morgan fingerprint density at radius 3 is 2.46 bits per heavy atom. The zero-order valence-electron chi connectivity index (χ0n) is 21.8. The minimum Gasteiger partial charge on any atom is -0.494 e. The molecule has 1 fully saturated rings. The first-order chi connectivity index (χ1) is 17.7. The number of likely N-dealkylation sites (N-methyl/N-ethyl adjacent to an activating group) is 1. The summed E-state index contributed by atoms with van der Waals surface area (Å²) in [6, 6.07) is 11.0. The van der Waals surface area contributed by atoms with E-state index in [9.17, 15) is 4.39 Å². The molecule has 1 aliphatic heterocycles. The molecule has 4 aromatic rings. The number of nitrogens with zero attached hydrogens (tertiary/aromatic N) is 5. The molecule has 194 valence electrons. The van der Waals surface area contributed by atoms with Crippen LogP contribution in [-0.2, 0) is 0 Å². The number of aromatic nitrogens is 3. The van der Waals surface area contributed by atoms with E-state index in [4.69, 9.17) is 4.74 Å². The zero-order valence-corrected chi connectivity index (χ0v) is 21.8. The number of hydrogen-bond acceptors (Lipinski definition) is 6. The average molecular weight is 507 g/mol. The highest BCUT2D eigenvalue weighted by Crippen LogP contribution is 2.34. The lowest BCUT2D eigenvalue weighted by Crippen LogP contribution is -2.44. The summed E-state index contributed by atoms with van der Waals surface area (Å²) >= 11 is 0. The van der Waals surface area contributed by atoms with Crippen LogP contribution >= 0.6 is 0 Å². The first kappa shape index (κ1) is 25.0. The molecule has 2 aromatic heterocycles.